The molecule has 0 bridgehead atoms. The molecular formula is C24H34N2O5S. The van der Waals surface area contributed by atoms with E-state index in [0.717, 1.165) is 24.2 Å². The Morgan fingerprint density at radius 3 is 2.25 bits per heavy atom. The van der Waals surface area contributed by atoms with Crippen molar-refractivity contribution in [2.75, 3.05) is 25.6 Å². The van der Waals surface area contributed by atoms with E-state index in [9.17, 15) is 24.6 Å². The Bertz CT molecular complexity index is 911. The third-order valence-corrected chi connectivity index (χ3v) is 6.57. The first-order chi connectivity index (χ1) is 14.9. The molecule has 8 heteroatoms. The molecule has 1 aromatic heterocycles. The van der Waals surface area contributed by atoms with E-state index in [0.29, 0.717) is 23.6 Å². The SMILES string of the molecule is CN(C)C(=O)[C@H](CO)N(c1cc(C#CC(C)(C)C)sc1C(=O)O)C(=O)[C@H]1CC[C@H](C)CC1. The van der Waals surface area contributed by atoms with Crippen LogP contribution in [-0.2, 0) is 9.59 Å². The maximum Gasteiger partial charge on any atom is 0.348 e. The quantitative estimate of drug-likeness (QED) is 0.631. The van der Waals surface area contributed by atoms with Crippen molar-refractivity contribution in [1.82, 2.24) is 4.90 Å². The molecule has 0 unspecified atom stereocenters. The lowest BCUT2D eigenvalue weighted by atomic mass is 9.82. The molecule has 0 spiro atoms. The van der Waals surface area contributed by atoms with Crippen molar-refractivity contribution in [1.29, 1.82) is 0 Å². The van der Waals surface area contributed by atoms with Gasteiger partial charge in [0.05, 0.1) is 17.2 Å². The van der Waals surface area contributed by atoms with Gasteiger partial charge in [-0.2, -0.15) is 0 Å². The molecule has 2 N–H and O–H groups in total. The molecule has 1 aromatic rings. The lowest BCUT2D eigenvalue weighted by molar-refractivity contribution is -0.134. The van der Waals surface area contributed by atoms with Gasteiger partial charge in [-0.1, -0.05) is 18.8 Å². The highest BCUT2D eigenvalue weighted by Crippen LogP contribution is 2.36. The van der Waals surface area contributed by atoms with Crippen LogP contribution in [0.15, 0.2) is 6.07 Å². The number of carbonyl (C=O) groups is 3. The number of anilines is 1. The zero-order valence-electron chi connectivity index (χ0n) is 19.8. The van der Waals surface area contributed by atoms with Crippen molar-refractivity contribution in [2.45, 2.75) is 59.4 Å². The van der Waals surface area contributed by atoms with E-state index in [1.807, 2.05) is 20.8 Å². The first-order valence-electron chi connectivity index (χ1n) is 10.9. The van der Waals surface area contributed by atoms with Crippen LogP contribution in [0, 0.1) is 29.1 Å². The van der Waals surface area contributed by atoms with Crippen LogP contribution in [0.2, 0.25) is 0 Å². The van der Waals surface area contributed by atoms with Gasteiger partial charge in [-0.15, -0.1) is 11.3 Å². The maximum atomic E-state index is 13.7. The van der Waals surface area contributed by atoms with Gasteiger partial charge in [0.25, 0.3) is 0 Å². The fourth-order valence-corrected chi connectivity index (χ4v) is 4.58. The number of likely N-dealkylation sites (N-methyl/N-ethyl adjacent to an activating group) is 1. The Morgan fingerprint density at radius 2 is 1.78 bits per heavy atom. The normalized spacial score (nSPS) is 19.5. The molecule has 0 radical (unpaired) electrons. The number of rotatable bonds is 6. The predicted molar refractivity (Wildman–Crippen MR) is 126 cm³/mol. The van der Waals surface area contributed by atoms with E-state index in [1.165, 1.54) is 9.80 Å². The van der Waals surface area contributed by atoms with Crippen LogP contribution in [0.25, 0.3) is 0 Å². The van der Waals surface area contributed by atoms with Gasteiger partial charge in [0, 0.05) is 25.4 Å². The van der Waals surface area contributed by atoms with Crippen molar-refractivity contribution in [3.8, 4) is 11.8 Å². The summed E-state index contributed by atoms with van der Waals surface area (Å²) in [5.74, 6) is 4.31. The second-order valence-corrected chi connectivity index (χ2v) is 10.8. The first kappa shape index (κ1) is 25.9. The van der Waals surface area contributed by atoms with Crippen molar-refractivity contribution in [3.63, 3.8) is 0 Å². The second-order valence-electron chi connectivity index (χ2n) is 9.73. The van der Waals surface area contributed by atoms with Gasteiger partial charge in [-0.3, -0.25) is 14.5 Å². The molecule has 0 aliphatic heterocycles. The Labute approximate surface area is 194 Å². The first-order valence-corrected chi connectivity index (χ1v) is 11.7. The zero-order valence-corrected chi connectivity index (χ0v) is 20.6. The Kier molecular flexibility index (Phi) is 8.49. The van der Waals surface area contributed by atoms with Crippen molar-refractivity contribution >= 4 is 34.8 Å². The Balaban J connectivity index is 2.61. The second kappa shape index (κ2) is 10.5. The van der Waals surface area contributed by atoms with E-state index in [1.54, 1.807) is 20.2 Å². The summed E-state index contributed by atoms with van der Waals surface area (Å²) in [5.41, 5.74) is -0.158. The van der Waals surface area contributed by atoms with E-state index in [4.69, 9.17) is 0 Å². The zero-order chi connectivity index (χ0) is 24.2. The molecule has 2 amide bonds. The number of carbonyl (C=O) groups excluding carboxylic acids is 2. The van der Waals surface area contributed by atoms with Crippen LogP contribution < -0.4 is 4.90 Å². The average Bonchev–Trinajstić information content (AvgIpc) is 3.13. The number of hydrogen-bond donors (Lipinski definition) is 2. The summed E-state index contributed by atoms with van der Waals surface area (Å²) in [6.45, 7) is 7.38. The van der Waals surface area contributed by atoms with Crippen LogP contribution in [0.3, 0.4) is 0 Å². The molecule has 1 aliphatic carbocycles. The molecule has 0 saturated heterocycles. The van der Waals surface area contributed by atoms with Crippen LogP contribution in [0.5, 0.6) is 0 Å². The molecule has 2 rings (SSSR count). The molecule has 0 aromatic carbocycles. The molecule has 1 fully saturated rings. The van der Waals surface area contributed by atoms with Crippen LogP contribution in [-0.4, -0.2) is 59.6 Å². The molecule has 32 heavy (non-hydrogen) atoms. The summed E-state index contributed by atoms with van der Waals surface area (Å²) in [6, 6.07) is 0.356. The fraction of sp³-hybridized carbons (Fsp3) is 0.625. The Morgan fingerprint density at radius 1 is 1.19 bits per heavy atom. The van der Waals surface area contributed by atoms with Crippen molar-refractivity contribution in [2.24, 2.45) is 17.3 Å². The highest BCUT2D eigenvalue weighted by atomic mass is 32.1. The van der Waals surface area contributed by atoms with Crippen molar-refractivity contribution in [3.05, 3.63) is 15.8 Å². The van der Waals surface area contributed by atoms with Crippen molar-refractivity contribution < 1.29 is 24.6 Å². The Hall–Kier alpha value is -2.37. The molecular weight excluding hydrogens is 428 g/mol. The standard InChI is InChI=1S/C24H34N2O5S/c1-15-7-9-16(10-8-15)21(28)26(19(14-27)22(29)25(5)6)18-13-17(11-12-24(2,3)4)32-20(18)23(30)31/h13,15-16,19,27H,7-10,14H2,1-6H3,(H,30,31)/t15-,16-,19-/m0/s1. The number of aliphatic hydroxyl groups is 1. The highest BCUT2D eigenvalue weighted by molar-refractivity contribution is 7.15. The summed E-state index contributed by atoms with van der Waals surface area (Å²) < 4.78 is 0. The fourth-order valence-electron chi connectivity index (χ4n) is 3.74. The summed E-state index contributed by atoms with van der Waals surface area (Å²) in [5, 5.41) is 20.0. The third kappa shape index (κ3) is 6.33. The smallest absolute Gasteiger partial charge is 0.348 e. The van der Waals surface area contributed by atoms with E-state index in [2.05, 4.69) is 18.8 Å². The number of hydrogen-bond acceptors (Lipinski definition) is 5. The third-order valence-electron chi connectivity index (χ3n) is 5.54. The largest absolute Gasteiger partial charge is 0.477 e. The summed E-state index contributed by atoms with van der Waals surface area (Å²) in [7, 11) is 3.09. The number of carboxylic acid groups (broad SMARTS) is 1. The summed E-state index contributed by atoms with van der Waals surface area (Å²) in [4.78, 5) is 41.5. The van der Waals surface area contributed by atoms with E-state index >= 15 is 0 Å². The van der Waals surface area contributed by atoms with Gasteiger partial charge in [0.1, 0.15) is 10.9 Å². The van der Waals surface area contributed by atoms with Gasteiger partial charge >= 0.3 is 5.97 Å². The van der Waals surface area contributed by atoms with Gasteiger partial charge in [-0.05, 0) is 58.4 Å². The lowest BCUT2D eigenvalue weighted by Gasteiger charge is -2.35. The van der Waals surface area contributed by atoms with Crippen LogP contribution in [0.4, 0.5) is 5.69 Å². The van der Waals surface area contributed by atoms with Gasteiger partial charge in [0.2, 0.25) is 11.8 Å². The van der Waals surface area contributed by atoms with Gasteiger partial charge < -0.3 is 15.1 Å². The minimum absolute atomic E-state index is 0.0641. The lowest BCUT2D eigenvalue weighted by Crippen LogP contribution is -2.53. The van der Waals surface area contributed by atoms with Crippen LogP contribution in [0.1, 0.15) is 67.9 Å². The molecule has 176 valence electrons. The summed E-state index contributed by atoms with van der Waals surface area (Å²) >= 11 is 0.976. The maximum absolute atomic E-state index is 13.7. The topological polar surface area (TPSA) is 98.2 Å². The monoisotopic (exact) mass is 462 g/mol. The average molecular weight is 463 g/mol. The van der Waals surface area contributed by atoms with Crippen LogP contribution >= 0.6 is 11.3 Å². The number of carboxylic acids is 1. The van der Waals surface area contributed by atoms with Gasteiger partial charge in [0.15, 0.2) is 0 Å². The highest BCUT2D eigenvalue weighted by Gasteiger charge is 2.39. The number of aromatic carboxylic acids is 1. The predicted octanol–water partition coefficient (Wildman–Crippen LogP) is 3.45. The molecule has 1 saturated carbocycles. The number of thiophene rings is 1. The molecule has 1 aliphatic rings. The minimum atomic E-state index is -1.20. The molecule has 1 heterocycles. The number of amides is 2. The number of nitrogens with zero attached hydrogens (tertiary/aromatic N) is 2. The number of aliphatic hydroxyl groups excluding tert-OH is 1. The molecule has 7 nitrogen and oxygen atoms in total. The molecule has 1 atom stereocenters. The van der Waals surface area contributed by atoms with E-state index in [-0.39, 0.29) is 27.8 Å². The summed E-state index contributed by atoms with van der Waals surface area (Å²) in [6.07, 6.45) is 3.14. The minimum Gasteiger partial charge on any atom is -0.477 e. The van der Waals surface area contributed by atoms with E-state index < -0.39 is 24.5 Å². The van der Waals surface area contributed by atoms with Gasteiger partial charge in [-0.25, -0.2) is 4.79 Å².